The van der Waals surface area contributed by atoms with Gasteiger partial charge in [0, 0.05) is 12.6 Å². The second-order valence-electron chi connectivity index (χ2n) is 2.72. The standard InChI is InChI=1S/C7H14N2O2/c1-2-9(6-3-4-6)7(10)5-11-8/h6H,2-5,8H2,1H3. The molecule has 1 aliphatic carbocycles. The van der Waals surface area contributed by atoms with E-state index in [0.29, 0.717) is 6.04 Å². The Kier molecular flexibility index (Phi) is 2.84. The number of nitrogens with two attached hydrogens (primary N) is 1. The van der Waals surface area contributed by atoms with E-state index >= 15 is 0 Å². The van der Waals surface area contributed by atoms with Crippen molar-refractivity contribution in [3.05, 3.63) is 0 Å². The van der Waals surface area contributed by atoms with Gasteiger partial charge in [0.05, 0.1) is 0 Å². The molecule has 4 nitrogen and oxygen atoms in total. The highest BCUT2D eigenvalue weighted by atomic mass is 16.6. The van der Waals surface area contributed by atoms with Crippen LogP contribution in [0.25, 0.3) is 0 Å². The van der Waals surface area contributed by atoms with Crippen LogP contribution < -0.4 is 5.90 Å². The number of nitrogens with zero attached hydrogens (tertiary/aromatic N) is 1. The van der Waals surface area contributed by atoms with Gasteiger partial charge in [-0.25, -0.2) is 5.90 Å². The van der Waals surface area contributed by atoms with E-state index in [9.17, 15) is 4.79 Å². The Morgan fingerprint density at radius 1 is 1.73 bits per heavy atom. The number of hydrogen-bond acceptors (Lipinski definition) is 3. The molecule has 0 spiro atoms. The Bertz CT molecular complexity index is 145. The summed E-state index contributed by atoms with van der Waals surface area (Å²) >= 11 is 0. The Hall–Kier alpha value is -0.610. The lowest BCUT2D eigenvalue weighted by atomic mass is 10.4. The van der Waals surface area contributed by atoms with Crippen molar-refractivity contribution < 1.29 is 9.63 Å². The molecule has 64 valence electrons. The Balaban J connectivity index is 2.33. The largest absolute Gasteiger partial charge is 0.338 e. The molecule has 0 atom stereocenters. The summed E-state index contributed by atoms with van der Waals surface area (Å²) < 4.78 is 0. The zero-order chi connectivity index (χ0) is 8.27. The minimum absolute atomic E-state index is 0.00231. The van der Waals surface area contributed by atoms with Gasteiger partial charge in [0.1, 0.15) is 6.61 Å². The Labute approximate surface area is 66.3 Å². The van der Waals surface area contributed by atoms with E-state index in [1.165, 1.54) is 0 Å². The first-order chi connectivity index (χ1) is 5.29. The van der Waals surface area contributed by atoms with Gasteiger partial charge in [-0.1, -0.05) is 0 Å². The van der Waals surface area contributed by atoms with Crippen LogP contribution in [-0.2, 0) is 9.63 Å². The first-order valence-corrected chi connectivity index (χ1v) is 3.90. The first kappa shape index (κ1) is 8.49. The van der Waals surface area contributed by atoms with Crippen molar-refractivity contribution in [3.8, 4) is 0 Å². The Morgan fingerprint density at radius 3 is 2.73 bits per heavy atom. The monoisotopic (exact) mass is 158 g/mol. The molecule has 0 unspecified atom stereocenters. The van der Waals surface area contributed by atoms with E-state index in [-0.39, 0.29) is 12.5 Å². The molecule has 1 rings (SSSR count). The van der Waals surface area contributed by atoms with E-state index in [0.717, 1.165) is 19.4 Å². The van der Waals surface area contributed by atoms with Crippen LogP contribution >= 0.6 is 0 Å². The third-order valence-corrected chi connectivity index (χ3v) is 1.86. The fourth-order valence-corrected chi connectivity index (χ4v) is 1.18. The maximum Gasteiger partial charge on any atom is 0.250 e. The average molecular weight is 158 g/mol. The van der Waals surface area contributed by atoms with Crippen LogP contribution in [0.15, 0.2) is 0 Å². The van der Waals surface area contributed by atoms with Crippen LogP contribution in [0.1, 0.15) is 19.8 Å². The summed E-state index contributed by atoms with van der Waals surface area (Å²) in [5, 5.41) is 0. The molecule has 0 aromatic carbocycles. The molecule has 1 fully saturated rings. The highest BCUT2D eigenvalue weighted by molar-refractivity contribution is 5.78. The zero-order valence-electron chi connectivity index (χ0n) is 6.75. The van der Waals surface area contributed by atoms with Crippen molar-refractivity contribution >= 4 is 5.91 Å². The topological polar surface area (TPSA) is 55.6 Å². The van der Waals surface area contributed by atoms with E-state index in [4.69, 9.17) is 5.90 Å². The van der Waals surface area contributed by atoms with Gasteiger partial charge in [0.15, 0.2) is 0 Å². The third-order valence-electron chi connectivity index (χ3n) is 1.86. The SMILES string of the molecule is CCN(C(=O)CON)C1CC1. The smallest absolute Gasteiger partial charge is 0.250 e. The number of amides is 1. The predicted octanol–water partition coefficient (Wildman–Crippen LogP) is -0.112. The molecule has 11 heavy (non-hydrogen) atoms. The molecule has 0 aliphatic heterocycles. The van der Waals surface area contributed by atoms with Crippen LogP contribution in [0.3, 0.4) is 0 Å². The van der Waals surface area contributed by atoms with Gasteiger partial charge in [0.25, 0.3) is 5.91 Å². The maximum absolute atomic E-state index is 11.2. The van der Waals surface area contributed by atoms with Crippen LogP contribution in [0.4, 0.5) is 0 Å². The second kappa shape index (κ2) is 3.69. The molecule has 4 heteroatoms. The lowest BCUT2D eigenvalue weighted by molar-refractivity contribution is -0.136. The molecule has 1 aliphatic rings. The highest BCUT2D eigenvalue weighted by Crippen LogP contribution is 2.26. The summed E-state index contributed by atoms with van der Waals surface area (Å²) in [6, 6.07) is 0.461. The lowest BCUT2D eigenvalue weighted by Gasteiger charge is -2.19. The summed E-state index contributed by atoms with van der Waals surface area (Å²) in [5.41, 5.74) is 0. The van der Waals surface area contributed by atoms with Gasteiger partial charge in [-0.05, 0) is 19.8 Å². The molecule has 1 amide bonds. The fourth-order valence-electron chi connectivity index (χ4n) is 1.18. The summed E-state index contributed by atoms with van der Waals surface area (Å²) in [5.74, 6) is 4.79. The molecule has 0 saturated heterocycles. The molecule has 0 bridgehead atoms. The molecular formula is C7H14N2O2. The zero-order valence-corrected chi connectivity index (χ0v) is 6.75. The molecule has 0 heterocycles. The number of carbonyl (C=O) groups excluding carboxylic acids is 1. The maximum atomic E-state index is 11.2. The molecule has 1 saturated carbocycles. The van der Waals surface area contributed by atoms with Gasteiger partial charge >= 0.3 is 0 Å². The van der Waals surface area contributed by atoms with Gasteiger partial charge < -0.3 is 4.90 Å². The van der Waals surface area contributed by atoms with Crippen LogP contribution in [0.2, 0.25) is 0 Å². The number of likely N-dealkylation sites (N-methyl/N-ethyl adjacent to an activating group) is 1. The highest BCUT2D eigenvalue weighted by Gasteiger charge is 2.30. The fraction of sp³-hybridized carbons (Fsp3) is 0.857. The minimum atomic E-state index is -0.00231. The van der Waals surface area contributed by atoms with Gasteiger partial charge in [-0.3, -0.25) is 9.63 Å². The van der Waals surface area contributed by atoms with Gasteiger partial charge in [0.2, 0.25) is 0 Å². The van der Waals surface area contributed by atoms with Crippen molar-refractivity contribution in [1.82, 2.24) is 4.90 Å². The lowest BCUT2D eigenvalue weighted by Crippen LogP contribution is -2.36. The molecule has 0 aromatic rings. The summed E-state index contributed by atoms with van der Waals surface area (Å²) in [7, 11) is 0. The van der Waals surface area contributed by atoms with Gasteiger partial charge in [-0.15, -0.1) is 0 Å². The second-order valence-corrected chi connectivity index (χ2v) is 2.72. The summed E-state index contributed by atoms with van der Waals surface area (Å²) in [4.78, 5) is 17.3. The Morgan fingerprint density at radius 2 is 2.36 bits per heavy atom. The van der Waals surface area contributed by atoms with Gasteiger partial charge in [-0.2, -0.15) is 0 Å². The van der Waals surface area contributed by atoms with E-state index in [1.807, 2.05) is 11.8 Å². The van der Waals surface area contributed by atoms with E-state index < -0.39 is 0 Å². The minimum Gasteiger partial charge on any atom is -0.338 e. The normalized spacial score (nSPS) is 16.5. The molecule has 0 radical (unpaired) electrons. The van der Waals surface area contributed by atoms with Crippen LogP contribution in [-0.4, -0.2) is 30.0 Å². The summed E-state index contributed by atoms with van der Waals surface area (Å²) in [6.45, 7) is 2.73. The third kappa shape index (κ3) is 2.17. The molecule has 2 N–H and O–H groups in total. The quantitative estimate of drug-likeness (QED) is 0.581. The predicted molar refractivity (Wildman–Crippen MR) is 40.5 cm³/mol. The number of rotatable bonds is 4. The van der Waals surface area contributed by atoms with Crippen molar-refractivity contribution in [2.24, 2.45) is 5.90 Å². The van der Waals surface area contributed by atoms with Crippen molar-refractivity contribution in [3.63, 3.8) is 0 Å². The van der Waals surface area contributed by atoms with Crippen LogP contribution in [0, 0.1) is 0 Å². The number of hydrogen-bond donors (Lipinski definition) is 1. The van der Waals surface area contributed by atoms with Crippen molar-refractivity contribution in [2.75, 3.05) is 13.2 Å². The van der Waals surface area contributed by atoms with E-state index in [2.05, 4.69) is 4.84 Å². The summed E-state index contributed by atoms with van der Waals surface area (Å²) in [6.07, 6.45) is 2.26. The van der Waals surface area contributed by atoms with Crippen molar-refractivity contribution in [1.29, 1.82) is 0 Å². The number of carbonyl (C=O) groups is 1. The van der Waals surface area contributed by atoms with Crippen molar-refractivity contribution in [2.45, 2.75) is 25.8 Å². The average Bonchev–Trinajstić information content (AvgIpc) is 2.73. The van der Waals surface area contributed by atoms with Crippen LogP contribution in [0.5, 0.6) is 0 Å². The van der Waals surface area contributed by atoms with E-state index in [1.54, 1.807) is 0 Å². The molecule has 0 aromatic heterocycles. The first-order valence-electron chi connectivity index (χ1n) is 3.90. The molecular weight excluding hydrogens is 144 g/mol.